The van der Waals surface area contributed by atoms with Gasteiger partial charge in [-0.05, 0) is 24.6 Å². The fraction of sp³-hybridized carbons (Fsp3) is 0.417. The third kappa shape index (κ3) is 2.73. The molecule has 3 rings (SSSR count). The third-order valence-corrected chi connectivity index (χ3v) is 7.06. The summed E-state index contributed by atoms with van der Waals surface area (Å²) in [4.78, 5) is 1.80. The van der Waals surface area contributed by atoms with Crippen LogP contribution in [0.4, 0.5) is 5.69 Å². The van der Waals surface area contributed by atoms with Gasteiger partial charge in [0.05, 0.1) is 17.5 Å². The minimum absolute atomic E-state index is 0. The second kappa shape index (κ2) is 5.51. The van der Waals surface area contributed by atoms with E-state index in [1.165, 1.54) is 11.8 Å². The maximum Gasteiger partial charge on any atom is 0.161 e. The molecular formula is C12H14BrClN2O2S2. The number of thioether (sulfide) groups is 1. The highest BCUT2D eigenvalue weighted by atomic mass is 79.9. The number of rotatable bonds is 1. The van der Waals surface area contributed by atoms with Crippen molar-refractivity contribution in [2.45, 2.75) is 18.2 Å². The molecule has 0 aromatic heterocycles. The van der Waals surface area contributed by atoms with E-state index < -0.39 is 9.84 Å². The summed E-state index contributed by atoms with van der Waals surface area (Å²) >= 11 is 7.46. The molecular weight excluding hydrogens is 384 g/mol. The van der Waals surface area contributed by atoms with E-state index in [1.807, 2.05) is 19.1 Å². The molecule has 2 aliphatic rings. The smallest absolute Gasteiger partial charge is 0.161 e. The molecule has 4 nitrogen and oxygen atoms in total. The van der Waals surface area contributed by atoms with Gasteiger partial charge in [-0.2, -0.15) is 0 Å². The molecule has 0 unspecified atom stereocenters. The maximum atomic E-state index is 11.7. The summed E-state index contributed by atoms with van der Waals surface area (Å²) in [7, 11) is -2.98. The van der Waals surface area contributed by atoms with Gasteiger partial charge >= 0.3 is 0 Å². The Balaban J connectivity index is 0.00000147. The van der Waals surface area contributed by atoms with Crippen molar-refractivity contribution in [3.8, 4) is 0 Å². The molecule has 1 aromatic rings. The van der Waals surface area contributed by atoms with Crippen molar-refractivity contribution in [2.24, 2.45) is 0 Å². The van der Waals surface area contributed by atoms with E-state index in [4.69, 9.17) is 17.0 Å². The first-order chi connectivity index (χ1) is 8.87. The highest BCUT2D eigenvalue weighted by Crippen LogP contribution is 2.40. The number of nitrogens with zero attached hydrogens (tertiary/aromatic N) is 1. The first-order valence-electron chi connectivity index (χ1n) is 5.88. The third-order valence-electron chi connectivity index (χ3n) is 3.52. The molecule has 20 heavy (non-hydrogen) atoms. The zero-order valence-corrected chi connectivity index (χ0v) is 14.8. The molecule has 2 heterocycles. The summed E-state index contributed by atoms with van der Waals surface area (Å²) in [5.41, 5.74) is 1.78. The van der Waals surface area contributed by atoms with Crippen molar-refractivity contribution in [1.29, 1.82) is 5.41 Å². The van der Waals surface area contributed by atoms with E-state index in [2.05, 4.69) is 0 Å². The van der Waals surface area contributed by atoms with Crippen molar-refractivity contribution in [2.75, 3.05) is 16.4 Å². The lowest BCUT2D eigenvalue weighted by Gasteiger charge is -2.24. The Labute approximate surface area is 138 Å². The largest absolute Gasteiger partial charge is 0.316 e. The highest BCUT2D eigenvalue weighted by molar-refractivity contribution is 8.93. The Morgan fingerprint density at radius 1 is 1.40 bits per heavy atom. The molecule has 2 atom stereocenters. The number of halogens is 2. The Morgan fingerprint density at radius 3 is 2.75 bits per heavy atom. The highest BCUT2D eigenvalue weighted by Gasteiger charge is 2.48. The first-order valence-corrected chi connectivity index (χ1v) is 8.96. The predicted octanol–water partition coefficient (Wildman–Crippen LogP) is 2.88. The van der Waals surface area contributed by atoms with Gasteiger partial charge in [0.2, 0.25) is 0 Å². The van der Waals surface area contributed by atoms with Gasteiger partial charge in [0, 0.05) is 16.0 Å². The molecule has 2 saturated heterocycles. The number of hydrogen-bond donors (Lipinski definition) is 1. The van der Waals surface area contributed by atoms with Gasteiger partial charge < -0.3 is 4.90 Å². The lowest BCUT2D eigenvalue weighted by Crippen LogP contribution is -2.37. The normalized spacial score (nSPS) is 27.3. The minimum atomic E-state index is -2.98. The van der Waals surface area contributed by atoms with E-state index in [0.717, 1.165) is 11.3 Å². The number of benzene rings is 1. The minimum Gasteiger partial charge on any atom is -0.316 e. The van der Waals surface area contributed by atoms with E-state index in [0.29, 0.717) is 10.2 Å². The molecule has 0 spiro atoms. The number of anilines is 1. The van der Waals surface area contributed by atoms with Crippen LogP contribution in [-0.4, -0.2) is 36.4 Å². The zero-order chi connectivity index (χ0) is 13.8. The predicted molar refractivity (Wildman–Crippen MR) is 90.5 cm³/mol. The molecule has 2 aliphatic heterocycles. The van der Waals surface area contributed by atoms with Crippen molar-refractivity contribution in [3.05, 3.63) is 28.8 Å². The van der Waals surface area contributed by atoms with Crippen LogP contribution >= 0.6 is 40.3 Å². The second-order valence-electron chi connectivity index (χ2n) is 4.91. The standard InChI is InChI=1S/C12H13ClN2O2S2.BrH/c1-7-2-3-8(4-9(7)13)15-10-5-19(16,17)6-11(10)18-12(15)14;/h2-4,10-11,14H,5-6H2,1H3;1H/t10-,11+;/m0./s1. The number of hydrogen-bond acceptors (Lipinski definition) is 4. The maximum absolute atomic E-state index is 11.7. The molecule has 8 heteroatoms. The van der Waals surface area contributed by atoms with Gasteiger partial charge in [-0.3, -0.25) is 5.41 Å². The van der Waals surface area contributed by atoms with Crippen molar-refractivity contribution >= 4 is 61.0 Å². The van der Waals surface area contributed by atoms with Crippen LogP contribution in [0.25, 0.3) is 0 Å². The van der Waals surface area contributed by atoms with Crippen LogP contribution in [0.2, 0.25) is 5.02 Å². The van der Waals surface area contributed by atoms with Crippen LogP contribution in [-0.2, 0) is 9.84 Å². The fourth-order valence-electron chi connectivity index (χ4n) is 2.54. The van der Waals surface area contributed by atoms with Gasteiger partial charge in [0.1, 0.15) is 0 Å². The van der Waals surface area contributed by atoms with Crippen LogP contribution in [0, 0.1) is 12.3 Å². The average Bonchev–Trinajstić information content (AvgIpc) is 2.73. The summed E-state index contributed by atoms with van der Waals surface area (Å²) < 4.78 is 23.4. The van der Waals surface area contributed by atoms with E-state index in [-0.39, 0.29) is 39.8 Å². The van der Waals surface area contributed by atoms with Crippen LogP contribution in [0.1, 0.15) is 5.56 Å². The van der Waals surface area contributed by atoms with Crippen molar-refractivity contribution in [1.82, 2.24) is 0 Å². The summed E-state index contributed by atoms with van der Waals surface area (Å²) in [6.07, 6.45) is 0. The molecule has 110 valence electrons. The van der Waals surface area contributed by atoms with Gasteiger partial charge in [-0.15, -0.1) is 17.0 Å². The molecule has 0 bridgehead atoms. The SMILES string of the molecule is Br.Cc1ccc(N2C(=N)S[C@@H]3CS(=O)(=O)C[C@@H]32)cc1Cl. The zero-order valence-electron chi connectivity index (χ0n) is 10.7. The number of aryl methyl sites for hydroxylation is 1. The Hall–Kier alpha value is -0.240. The molecule has 2 fully saturated rings. The van der Waals surface area contributed by atoms with Gasteiger partial charge in [0.15, 0.2) is 15.0 Å². The quantitative estimate of drug-likeness (QED) is 0.791. The van der Waals surface area contributed by atoms with Crippen LogP contribution in [0.15, 0.2) is 18.2 Å². The summed E-state index contributed by atoms with van der Waals surface area (Å²) in [6, 6.07) is 5.45. The van der Waals surface area contributed by atoms with E-state index in [9.17, 15) is 8.42 Å². The van der Waals surface area contributed by atoms with Crippen molar-refractivity contribution in [3.63, 3.8) is 0 Å². The lowest BCUT2D eigenvalue weighted by atomic mass is 10.1. The van der Waals surface area contributed by atoms with Crippen LogP contribution in [0.5, 0.6) is 0 Å². The molecule has 0 amide bonds. The Morgan fingerprint density at radius 2 is 2.10 bits per heavy atom. The van der Waals surface area contributed by atoms with E-state index in [1.54, 1.807) is 11.0 Å². The number of sulfone groups is 1. The average molecular weight is 398 g/mol. The number of nitrogens with one attached hydrogen (secondary N) is 1. The topological polar surface area (TPSA) is 61.2 Å². The molecule has 1 N–H and O–H groups in total. The Kier molecular flexibility index (Phi) is 4.45. The van der Waals surface area contributed by atoms with Gasteiger partial charge in [-0.1, -0.05) is 29.4 Å². The molecule has 0 saturated carbocycles. The van der Waals surface area contributed by atoms with Gasteiger partial charge in [0.25, 0.3) is 0 Å². The van der Waals surface area contributed by atoms with Gasteiger partial charge in [-0.25, -0.2) is 8.42 Å². The molecule has 1 aromatic carbocycles. The van der Waals surface area contributed by atoms with Crippen molar-refractivity contribution < 1.29 is 8.42 Å². The summed E-state index contributed by atoms with van der Waals surface area (Å²) in [5.74, 6) is 0.291. The summed E-state index contributed by atoms with van der Waals surface area (Å²) in [6.45, 7) is 1.92. The second-order valence-corrected chi connectivity index (χ2v) is 8.70. The monoisotopic (exact) mass is 396 g/mol. The van der Waals surface area contributed by atoms with Crippen LogP contribution < -0.4 is 4.90 Å². The van der Waals surface area contributed by atoms with Crippen LogP contribution in [0.3, 0.4) is 0 Å². The molecule has 0 radical (unpaired) electrons. The molecule has 0 aliphatic carbocycles. The Bertz CT molecular complexity index is 665. The number of amidine groups is 1. The summed E-state index contributed by atoms with van der Waals surface area (Å²) in [5, 5.41) is 9.06. The number of fused-ring (bicyclic) bond motifs is 1. The van der Waals surface area contributed by atoms with E-state index >= 15 is 0 Å². The first kappa shape index (κ1) is 16.1. The lowest BCUT2D eigenvalue weighted by molar-refractivity contribution is 0.601. The fourth-order valence-corrected chi connectivity index (χ4v) is 6.51.